The fourth-order valence-corrected chi connectivity index (χ4v) is 3.36. The van der Waals surface area contributed by atoms with E-state index in [1.165, 1.54) is 11.1 Å². The van der Waals surface area contributed by atoms with Gasteiger partial charge in [0.1, 0.15) is 11.1 Å². The van der Waals surface area contributed by atoms with Gasteiger partial charge in [0.05, 0.1) is 18.8 Å². The van der Waals surface area contributed by atoms with E-state index in [0.717, 1.165) is 19.3 Å². The highest BCUT2D eigenvalue weighted by molar-refractivity contribution is 7.09. The van der Waals surface area contributed by atoms with Gasteiger partial charge < -0.3 is 14.8 Å². The second kappa shape index (κ2) is 8.46. The summed E-state index contributed by atoms with van der Waals surface area (Å²) in [7, 11) is 0. The van der Waals surface area contributed by atoms with Crippen LogP contribution in [-0.4, -0.2) is 36.8 Å². The number of carbonyl (C=O) groups excluding carboxylic acids is 1. The monoisotopic (exact) mass is 366 g/mol. The van der Waals surface area contributed by atoms with E-state index >= 15 is 0 Å². The molecule has 0 aromatic carbocycles. The Morgan fingerprint density at radius 2 is 2.29 bits per heavy atom. The lowest BCUT2D eigenvalue weighted by Gasteiger charge is -2.23. The number of pyridine rings is 1. The van der Waals surface area contributed by atoms with E-state index in [4.69, 9.17) is 21.1 Å². The second-order valence-electron chi connectivity index (χ2n) is 5.53. The van der Waals surface area contributed by atoms with E-state index in [1.54, 1.807) is 17.4 Å². The van der Waals surface area contributed by atoms with Gasteiger partial charge in [-0.2, -0.15) is 0 Å². The first-order chi connectivity index (χ1) is 11.7. The summed E-state index contributed by atoms with van der Waals surface area (Å²) in [5, 5.41) is 5.26. The Balaban J connectivity index is 1.53. The molecule has 1 aliphatic rings. The van der Waals surface area contributed by atoms with E-state index in [2.05, 4.69) is 16.4 Å². The SMILES string of the molecule is O=C(NCCc1cccs1)c1cnc(OC2CCOCC2)c(Cl)c1. The fraction of sp³-hybridized carbons (Fsp3) is 0.412. The number of hydrogen-bond acceptors (Lipinski definition) is 5. The lowest BCUT2D eigenvalue weighted by atomic mass is 10.1. The van der Waals surface area contributed by atoms with Crippen LogP contribution in [0.3, 0.4) is 0 Å². The number of nitrogens with one attached hydrogen (secondary N) is 1. The highest BCUT2D eigenvalue weighted by Crippen LogP contribution is 2.25. The predicted octanol–water partition coefficient (Wildman–Crippen LogP) is 3.33. The molecular formula is C17H19ClN2O3S. The van der Waals surface area contributed by atoms with Gasteiger partial charge in [0.2, 0.25) is 5.88 Å². The van der Waals surface area contributed by atoms with Gasteiger partial charge in [-0.15, -0.1) is 11.3 Å². The van der Waals surface area contributed by atoms with Crippen molar-refractivity contribution in [2.75, 3.05) is 19.8 Å². The molecule has 1 amide bonds. The maximum atomic E-state index is 12.2. The van der Waals surface area contributed by atoms with Crippen molar-refractivity contribution in [3.63, 3.8) is 0 Å². The summed E-state index contributed by atoms with van der Waals surface area (Å²) in [6.07, 6.45) is 4.02. The van der Waals surface area contributed by atoms with Crippen LogP contribution in [0.4, 0.5) is 0 Å². The van der Waals surface area contributed by atoms with E-state index in [-0.39, 0.29) is 12.0 Å². The standard InChI is InChI=1S/C17H19ClN2O3S/c18-15-10-12(16(21)19-6-3-14-2-1-9-24-14)11-20-17(15)23-13-4-7-22-8-5-13/h1-2,9-11,13H,3-8H2,(H,19,21). The molecule has 0 unspecified atom stereocenters. The molecule has 0 saturated carbocycles. The number of halogens is 1. The quantitative estimate of drug-likeness (QED) is 0.851. The number of thiophene rings is 1. The van der Waals surface area contributed by atoms with Crippen molar-refractivity contribution in [1.82, 2.24) is 10.3 Å². The van der Waals surface area contributed by atoms with Crippen LogP contribution < -0.4 is 10.1 Å². The van der Waals surface area contributed by atoms with Gasteiger partial charge in [-0.1, -0.05) is 17.7 Å². The summed E-state index contributed by atoms with van der Waals surface area (Å²) in [5.74, 6) is 0.192. The Labute approximate surface area is 150 Å². The van der Waals surface area contributed by atoms with Gasteiger partial charge >= 0.3 is 0 Å². The molecule has 2 aromatic rings. The van der Waals surface area contributed by atoms with Crippen LogP contribution >= 0.6 is 22.9 Å². The topological polar surface area (TPSA) is 60.5 Å². The van der Waals surface area contributed by atoms with Gasteiger partial charge in [-0.3, -0.25) is 4.79 Å². The molecule has 0 radical (unpaired) electrons. The average Bonchev–Trinajstić information content (AvgIpc) is 3.11. The number of aromatic nitrogens is 1. The number of carbonyl (C=O) groups is 1. The Morgan fingerprint density at radius 3 is 3.00 bits per heavy atom. The summed E-state index contributed by atoms with van der Waals surface area (Å²) in [5.41, 5.74) is 0.436. The molecule has 0 atom stereocenters. The highest BCUT2D eigenvalue weighted by atomic mass is 35.5. The first kappa shape index (κ1) is 17.2. The Kier molecular flexibility index (Phi) is 6.07. The molecule has 3 heterocycles. The first-order valence-corrected chi connectivity index (χ1v) is 9.18. The Hall–Kier alpha value is -1.63. The number of hydrogen-bond donors (Lipinski definition) is 1. The third-order valence-electron chi connectivity index (χ3n) is 3.75. The zero-order valence-electron chi connectivity index (χ0n) is 13.2. The molecule has 128 valence electrons. The molecule has 0 spiro atoms. The fourth-order valence-electron chi connectivity index (χ4n) is 2.44. The molecule has 5 nitrogen and oxygen atoms in total. The largest absolute Gasteiger partial charge is 0.473 e. The van der Waals surface area contributed by atoms with E-state index in [0.29, 0.717) is 36.2 Å². The van der Waals surface area contributed by atoms with Crippen molar-refractivity contribution in [3.05, 3.63) is 45.2 Å². The van der Waals surface area contributed by atoms with E-state index in [1.807, 2.05) is 11.4 Å². The van der Waals surface area contributed by atoms with Crippen molar-refractivity contribution in [2.24, 2.45) is 0 Å². The number of amides is 1. The number of ether oxygens (including phenoxy) is 2. The molecule has 24 heavy (non-hydrogen) atoms. The van der Waals surface area contributed by atoms with Gasteiger partial charge in [0, 0.05) is 30.5 Å². The molecular weight excluding hydrogens is 348 g/mol. The third-order valence-corrected chi connectivity index (χ3v) is 4.96. The maximum Gasteiger partial charge on any atom is 0.252 e. The van der Waals surface area contributed by atoms with Crippen molar-refractivity contribution < 1.29 is 14.3 Å². The van der Waals surface area contributed by atoms with Crippen LogP contribution in [0.2, 0.25) is 5.02 Å². The predicted molar refractivity (Wildman–Crippen MR) is 94.1 cm³/mol. The van der Waals surface area contributed by atoms with Crippen LogP contribution in [0.25, 0.3) is 0 Å². The molecule has 3 rings (SSSR count). The Bertz CT molecular complexity index is 672. The first-order valence-electron chi connectivity index (χ1n) is 7.93. The van der Waals surface area contributed by atoms with Gasteiger partial charge in [0.15, 0.2) is 0 Å². The normalized spacial score (nSPS) is 15.2. The van der Waals surface area contributed by atoms with Gasteiger partial charge in [0.25, 0.3) is 5.91 Å². The van der Waals surface area contributed by atoms with Crippen molar-refractivity contribution in [2.45, 2.75) is 25.4 Å². The maximum absolute atomic E-state index is 12.2. The minimum absolute atomic E-state index is 0.0641. The Morgan fingerprint density at radius 1 is 1.46 bits per heavy atom. The lowest BCUT2D eigenvalue weighted by Crippen LogP contribution is -2.27. The molecule has 1 saturated heterocycles. The molecule has 1 fully saturated rings. The minimum Gasteiger partial charge on any atom is -0.473 e. The second-order valence-corrected chi connectivity index (χ2v) is 6.97. The minimum atomic E-state index is -0.182. The molecule has 1 aliphatic heterocycles. The molecule has 2 aromatic heterocycles. The molecule has 0 bridgehead atoms. The van der Waals surface area contributed by atoms with Gasteiger partial charge in [-0.05, 0) is 23.9 Å². The molecule has 7 heteroatoms. The summed E-state index contributed by atoms with van der Waals surface area (Å²) in [4.78, 5) is 17.6. The highest BCUT2D eigenvalue weighted by Gasteiger charge is 2.18. The number of rotatable bonds is 6. The summed E-state index contributed by atoms with van der Waals surface area (Å²) >= 11 is 7.89. The van der Waals surface area contributed by atoms with Crippen LogP contribution in [0.1, 0.15) is 28.1 Å². The zero-order valence-corrected chi connectivity index (χ0v) is 14.7. The molecule has 0 aliphatic carbocycles. The zero-order chi connectivity index (χ0) is 16.8. The average molecular weight is 367 g/mol. The van der Waals surface area contributed by atoms with Crippen LogP contribution in [-0.2, 0) is 11.2 Å². The van der Waals surface area contributed by atoms with Crippen LogP contribution in [0, 0.1) is 0 Å². The third kappa shape index (κ3) is 4.69. The summed E-state index contributed by atoms with van der Waals surface area (Å²) in [6, 6.07) is 5.66. The van der Waals surface area contributed by atoms with Crippen molar-refractivity contribution >= 4 is 28.8 Å². The van der Waals surface area contributed by atoms with Crippen LogP contribution in [0.15, 0.2) is 29.8 Å². The van der Waals surface area contributed by atoms with Crippen molar-refractivity contribution in [3.8, 4) is 5.88 Å². The van der Waals surface area contributed by atoms with E-state index in [9.17, 15) is 4.79 Å². The smallest absolute Gasteiger partial charge is 0.252 e. The van der Waals surface area contributed by atoms with Crippen molar-refractivity contribution in [1.29, 1.82) is 0 Å². The number of nitrogens with zero attached hydrogens (tertiary/aromatic N) is 1. The molecule has 1 N–H and O–H groups in total. The van der Waals surface area contributed by atoms with Crippen LogP contribution in [0.5, 0.6) is 5.88 Å². The summed E-state index contributed by atoms with van der Waals surface area (Å²) in [6.45, 7) is 1.96. The lowest BCUT2D eigenvalue weighted by molar-refractivity contribution is 0.0238. The summed E-state index contributed by atoms with van der Waals surface area (Å²) < 4.78 is 11.1. The van der Waals surface area contributed by atoms with Gasteiger partial charge in [-0.25, -0.2) is 4.98 Å². The van der Waals surface area contributed by atoms with E-state index < -0.39 is 0 Å².